The van der Waals surface area contributed by atoms with Gasteiger partial charge in [0.05, 0.1) is 11.4 Å². The highest BCUT2D eigenvalue weighted by atomic mass is 32.2. The third-order valence-corrected chi connectivity index (χ3v) is 2.68. The third kappa shape index (κ3) is 3.26. The van der Waals surface area contributed by atoms with E-state index in [1.165, 1.54) is 4.90 Å². The topological polar surface area (TPSA) is 66.8 Å². The van der Waals surface area contributed by atoms with Crippen LogP contribution in [0.5, 0.6) is 0 Å². The molecule has 6 heteroatoms. The molecule has 2 aromatic rings. The molecule has 0 fully saturated rings. The number of hydrogen-bond acceptors (Lipinski definition) is 3. The maximum Gasteiger partial charge on any atom is 0.367 e. The summed E-state index contributed by atoms with van der Waals surface area (Å²) in [6, 6.07) is 16.6. The number of benzene rings is 2. The van der Waals surface area contributed by atoms with Gasteiger partial charge >= 0.3 is 16.5 Å². The maximum atomic E-state index is 11.9. The predicted octanol–water partition coefficient (Wildman–Crippen LogP) is 3.01. The van der Waals surface area contributed by atoms with Crippen LogP contribution in [0, 0.1) is 0 Å². The second-order valence-electron chi connectivity index (χ2n) is 3.60. The Hall–Kier alpha value is -2.47. The number of urea groups is 1. The summed E-state index contributed by atoms with van der Waals surface area (Å²) in [4.78, 5) is 13.2. The van der Waals surface area contributed by atoms with Crippen molar-refractivity contribution < 1.29 is 13.2 Å². The molecule has 2 aromatic carbocycles. The summed E-state index contributed by atoms with van der Waals surface area (Å²) in [5.41, 5.74) is 1.10. The second-order valence-corrected chi connectivity index (χ2v) is 4.21. The molecule has 0 spiro atoms. The van der Waals surface area contributed by atoms with Crippen LogP contribution in [-0.4, -0.2) is 14.4 Å². The fraction of sp³-hybridized carbons (Fsp3) is 0. The molecule has 0 saturated heterocycles. The molecule has 96 valence electrons. The molecule has 0 aliphatic heterocycles. The molecule has 2 amide bonds. The van der Waals surface area contributed by atoms with Crippen LogP contribution in [0.25, 0.3) is 0 Å². The molecule has 0 bridgehead atoms. The number of para-hydroxylation sites is 2. The van der Waals surface area contributed by atoms with E-state index in [2.05, 4.69) is 4.36 Å². The van der Waals surface area contributed by atoms with Gasteiger partial charge in [0.1, 0.15) is 0 Å². The monoisotopic (exact) mass is 274 g/mol. The minimum Gasteiger partial charge on any atom is -0.260 e. The molecule has 0 atom stereocenters. The molecule has 19 heavy (non-hydrogen) atoms. The van der Waals surface area contributed by atoms with Crippen LogP contribution in [0.2, 0.25) is 0 Å². The van der Waals surface area contributed by atoms with Gasteiger partial charge in [-0.3, -0.25) is 4.90 Å². The number of amides is 2. The molecule has 0 unspecified atom stereocenters. The minimum atomic E-state index is -2.78. The molecule has 0 saturated carbocycles. The van der Waals surface area contributed by atoms with Gasteiger partial charge in [0.25, 0.3) is 0 Å². The first-order valence-corrected chi connectivity index (χ1v) is 6.47. The normalized spacial score (nSPS) is 9.68. The lowest BCUT2D eigenvalue weighted by Gasteiger charge is -2.19. The van der Waals surface area contributed by atoms with Crippen molar-refractivity contribution in [2.75, 3.05) is 4.90 Å². The number of nitrogens with zero attached hydrogens (tertiary/aromatic N) is 2. The van der Waals surface area contributed by atoms with Gasteiger partial charge in [-0.25, -0.2) is 4.79 Å². The van der Waals surface area contributed by atoms with Crippen molar-refractivity contribution in [2.24, 2.45) is 4.36 Å². The van der Waals surface area contributed by atoms with Gasteiger partial charge < -0.3 is 0 Å². The number of anilines is 2. The van der Waals surface area contributed by atoms with Gasteiger partial charge in [0.2, 0.25) is 0 Å². The van der Waals surface area contributed by atoms with Crippen molar-refractivity contribution in [1.29, 1.82) is 0 Å². The Morgan fingerprint density at radius 1 is 0.842 bits per heavy atom. The Morgan fingerprint density at radius 2 is 1.26 bits per heavy atom. The molecule has 0 aliphatic carbocycles. The summed E-state index contributed by atoms with van der Waals surface area (Å²) in [7, 11) is -2.78. The Bertz CT molecular complexity index is 650. The van der Waals surface area contributed by atoms with E-state index < -0.39 is 16.5 Å². The molecule has 0 N–H and O–H groups in total. The van der Waals surface area contributed by atoms with E-state index in [1.54, 1.807) is 60.7 Å². The van der Waals surface area contributed by atoms with Crippen LogP contribution in [0.4, 0.5) is 16.2 Å². The van der Waals surface area contributed by atoms with Crippen LogP contribution in [0.3, 0.4) is 0 Å². The van der Waals surface area contributed by atoms with Crippen molar-refractivity contribution in [3.05, 3.63) is 60.7 Å². The van der Waals surface area contributed by atoms with Crippen molar-refractivity contribution in [1.82, 2.24) is 0 Å². The van der Waals surface area contributed by atoms with Crippen LogP contribution in [0.1, 0.15) is 0 Å². The van der Waals surface area contributed by atoms with Crippen molar-refractivity contribution in [3.63, 3.8) is 0 Å². The molecule has 5 nitrogen and oxygen atoms in total. The summed E-state index contributed by atoms with van der Waals surface area (Å²) in [5, 5.41) is 0. The van der Waals surface area contributed by atoms with E-state index in [4.69, 9.17) is 0 Å². The van der Waals surface area contributed by atoms with E-state index in [0.29, 0.717) is 11.4 Å². The summed E-state index contributed by atoms with van der Waals surface area (Å²) in [5.74, 6) is 0. The van der Waals surface area contributed by atoms with Crippen LogP contribution < -0.4 is 4.90 Å². The molecule has 0 radical (unpaired) electrons. The van der Waals surface area contributed by atoms with Crippen molar-refractivity contribution >= 4 is 27.9 Å². The average molecular weight is 274 g/mol. The Labute approximate surface area is 111 Å². The first-order chi connectivity index (χ1) is 9.18. The minimum absolute atomic E-state index is 0.549. The van der Waals surface area contributed by atoms with Crippen LogP contribution in [-0.2, 0) is 10.5 Å². The number of hydrogen-bond donors (Lipinski definition) is 0. The third-order valence-electron chi connectivity index (χ3n) is 2.37. The highest BCUT2D eigenvalue weighted by Gasteiger charge is 2.17. The number of rotatable bonds is 2. The SMILES string of the molecule is O=C(N=S(=O)=O)N(c1ccccc1)c1ccccc1. The summed E-state index contributed by atoms with van der Waals surface area (Å²) in [6.07, 6.45) is 0. The molecule has 0 aromatic heterocycles. The second kappa shape index (κ2) is 5.92. The first kappa shape index (κ1) is 13.0. The number of carbonyl (C=O) groups is 1. The highest BCUT2D eigenvalue weighted by Crippen LogP contribution is 2.25. The molecular weight excluding hydrogens is 264 g/mol. The van der Waals surface area contributed by atoms with E-state index in [9.17, 15) is 13.2 Å². The van der Waals surface area contributed by atoms with Gasteiger partial charge in [0, 0.05) is 0 Å². The van der Waals surface area contributed by atoms with E-state index in [0.717, 1.165) is 0 Å². The van der Waals surface area contributed by atoms with Gasteiger partial charge in [-0.1, -0.05) is 40.8 Å². The van der Waals surface area contributed by atoms with Crippen molar-refractivity contribution in [2.45, 2.75) is 0 Å². The quantitative estimate of drug-likeness (QED) is 0.845. The molecule has 0 heterocycles. The fourth-order valence-electron chi connectivity index (χ4n) is 1.63. The van der Waals surface area contributed by atoms with Crippen LogP contribution in [0.15, 0.2) is 65.0 Å². The zero-order valence-electron chi connectivity index (χ0n) is 9.80. The smallest absolute Gasteiger partial charge is 0.260 e. The summed E-state index contributed by atoms with van der Waals surface area (Å²) in [6.45, 7) is 0. The molecule has 2 rings (SSSR count). The average Bonchev–Trinajstić information content (AvgIpc) is 2.40. The predicted molar refractivity (Wildman–Crippen MR) is 71.8 cm³/mol. The van der Waals surface area contributed by atoms with Crippen LogP contribution >= 0.6 is 0 Å². The van der Waals surface area contributed by atoms with Crippen molar-refractivity contribution in [3.8, 4) is 0 Å². The number of carbonyl (C=O) groups excluding carboxylic acids is 1. The summed E-state index contributed by atoms with van der Waals surface area (Å²) < 4.78 is 24.2. The zero-order chi connectivity index (χ0) is 13.7. The van der Waals surface area contributed by atoms with Gasteiger partial charge in [-0.2, -0.15) is 8.42 Å². The first-order valence-electron chi connectivity index (χ1n) is 5.44. The van der Waals surface area contributed by atoms with Gasteiger partial charge in [-0.05, 0) is 24.3 Å². The Kier molecular flexibility index (Phi) is 4.04. The van der Waals surface area contributed by atoms with E-state index in [1.807, 2.05) is 0 Å². The molecular formula is C13H10N2O3S. The van der Waals surface area contributed by atoms with Gasteiger partial charge in [-0.15, -0.1) is 0 Å². The van der Waals surface area contributed by atoms with Gasteiger partial charge in [0.15, 0.2) is 0 Å². The maximum absolute atomic E-state index is 11.9. The lowest BCUT2D eigenvalue weighted by molar-refractivity contribution is 0.256. The Morgan fingerprint density at radius 3 is 1.63 bits per heavy atom. The highest BCUT2D eigenvalue weighted by molar-refractivity contribution is 7.62. The summed E-state index contributed by atoms with van der Waals surface area (Å²) >= 11 is 0. The van der Waals surface area contributed by atoms with E-state index >= 15 is 0 Å². The van der Waals surface area contributed by atoms with E-state index in [-0.39, 0.29) is 0 Å². The Balaban J connectivity index is 2.52. The zero-order valence-corrected chi connectivity index (χ0v) is 10.6. The largest absolute Gasteiger partial charge is 0.367 e. The fourth-order valence-corrected chi connectivity index (χ4v) is 1.84. The lowest BCUT2D eigenvalue weighted by Crippen LogP contribution is -2.22. The molecule has 0 aliphatic rings. The lowest BCUT2D eigenvalue weighted by atomic mass is 10.2. The standard InChI is InChI=1S/C13H10N2O3S/c16-13(14-19(17)18)15(11-7-3-1-4-8-11)12-9-5-2-6-10-12/h1-10H.